The zero-order valence-electron chi connectivity index (χ0n) is 4.18. The van der Waals surface area contributed by atoms with E-state index in [4.69, 9.17) is 0 Å². The van der Waals surface area contributed by atoms with Crippen LogP contribution >= 0.6 is 0 Å². The van der Waals surface area contributed by atoms with E-state index < -0.39 is 15.9 Å². The Balaban J connectivity index is 4.40. The Morgan fingerprint density at radius 1 is 0.800 bits per heavy atom. The molecule has 7 heteroatoms. The number of halogens is 6. The number of alkyl halides is 6. The first-order valence-corrected chi connectivity index (χ1v) is 3.00. The van der Waals surface area contributed by atoms with Crippen molar-refractivity contribution in [3.63, 3.8) is 0 Å². The molecular formula is C3F6Te. The van der Waals surface area contributed by atoms with Crippen molar-refractivity contribution >= 4 is 25.4 Å². The summed E-state index contributed by atoms with van der Waals surface area (Å²) in [6, 6.07) is 0. The Bertz CT molecular complexity index is 124. The molecular weight excluding hydrogens is 278 g/mol. The molecule has 0 aromatic rings. The Kier molecular flexibility index (Phi) is 2.77. The summed E-state index contributed by atoms with van der Waals surface area (Å²) in [5.41, 5.74) is 0. The molecule has 60 valence electrons. The van der Waals surface area contributed by atoms with Crippen LogP contribution in [0.2, 0.25) is 0 Å². The Morgan fingerprint density at radius 2 is 1.00 bits per heavy atom. The van der Waals surface area contributed by atoms with Crippen LogP contribution in [0.4, 0.5) is 26.3 Å². The standard InChI is InChI=1S/C3F6Te/c4-2(5,6)1(10)3(7,8)9. The van der Waals surface area contributed by atoms with Crippen LogP contribution in [0.5, 0.6) is 0 Å². The van der Waals surface area contributed by atoms with Crippen LogP contribution in [-0.2, 0) is 0 Å². The third-order valence-corrected chi connectivity index (χ3v) is 1.84. The number of rotatable bonds is 0. The van der Waals surface area contributed by atoms with Gasteiger partial charge in [0.1, 0.15) is 0 Å². The topological polar surface area (TPSA) is 0 Å². The molecule has 0 saturated carbocycles. The van der Waals surface area contributed by atoms with E-state index in [1.54, 1.807) is 0 Å². The van der Waals surface area contributed by atoms with Crippen LogP contribution in [0, 0.1) is 0 Å². The predicted molar refractivity (Wildman–Crippen MR) is 22.9 cm³/mol. The van der Waals surface area contributed by atoms with Gasteiger partial charge in [0.2, 0.25) is 0 Å². The van der Waals surface area contributed by atoms with Gasteiger partial charge in [0, 0.05) is 0 Å². The molecule has 0 nitrogen and oxygen atoms in total. The van der Waals surface area contributed by atoms with Crippen molar-refractivity contribution in [3.8, 4) is 0 Å². The average Bonchev–Trinajstić information content (AvgIpc) is 1.59. The minimum atomic E-state index is -5.26. The van der Waals surface area contributed by atoms with E-state index in [1.807, 2.05) is 0 Å². The third-order valence-electron chi connectivity index (χ3n) is 0.515. The van der Waals surface area contributed by atoms with Gasteiger partial charge in [-0.15, -0.1) is 0 Å². The van der Waals surface area contributed by atoms with Gasteiger partial charge in [-0.2, -0.15) is 0 Å². The zero-order valence-corrected chi connectivity index (χ0v) is 6.51. The molecule has 0 spiro atoms. The minimum absolute atomic E-state index is 0.0739. The number of hydrogen-bond acceptors (Lipinski definition) is 0. The Hall–Kier alpha value is 0.240. The van der Waals surface area contributed by atoms with Gasteiger partial charge in [0.15, 0.2) is 0 Å². The second-order valence-electron chi connectivity index (χ2n) is 1.32. The van der Waals surface area contributed by atoms with E-state index in [-0.39, 0.29) is 21.8 Å². The van der Waals surface area contributed by atoms with E-state index in [0.29, 0.717) is 0 Å². The van der Waals surface area contributed by atoms with E-state index >= 15 is 0 Å². The van der Waals surface area contributed by atoms with Crippen molar-refractivity contribution in [2.24, 2.45) is 0 Å². The molecule has 0 fully saturated rings. The molecule has 0 atom stereocenters. The first-order chi connectivity index (χ1) is 4.15. The maximum absolute atomic E-state index is 11.2. The van der Waals surface area contributed by atoms with E-state index in [2.05, 4.69) is 0 Å². The molecule has 0 rings (SSSR count). The SMILES string of the molecule is FC(F)(F)C(=[Te])C(F)(F)F. The van der Waals surface area contributed by atoms with Gasteiger partial charge in [-0.05, 0) is 0 Å². The van der Waals surface area contributed by atoms with Crippen LogP contribution < -0.4 is 0 Å². The summed E-state index contributed by atoms with van der Waals surface area (Å²) in [7, 11) is 0. The second-order valence-corrected chi connectivity index (χ2v) is 2.49. The summed E-state index contributed by atoms with van der Waals surface area (Å²) in [6.07, 6.45) is -10.5. The van der Waals surface area contributed by atoms with Gasteiger partial charge < -0.3 is 0 Å². The Labute approximate surface area is 64.6 Å². The zero-order chi connectivity index (χ0) is 8.58. The van der Waals surface area contributed by atoms with Gasteiger partial charge >= 0.3 is 64.1 Å². The molecule has 0 unspecified atom stereocenters. The van der Waals surface area contributed by atoms with Crippen molar-refractivity contribution in [1.82, 2.24) is 0 Å². The molecule has 0 amide bonds. The van der Waals surface area contributed by atoms with E-state index in [0.717, 1.165) is 0 Å². The summed E-state index contributed by atoms with van der Waals surface area (Å²) in [5, 5.41) is 0. The van der Waals surface area contributed by atoms with Crippen molar-refractivity contribution in [2.75, 3.05) is 0 Å². The molecule has 0 heterocycles. The quantitative estimate of drug-likeness (QED) is 0.464. The first-order valence-electron chi connectivity index (χ1n) is 1.84. The normalized spacial score (nSPS) is 13.4. The molecule has 0 aliphatic rings. The average molecular weight is 278 g/mol. The fourth-order valence-electron chi connectivity index (χ4n) is 0.161. The van der Waals surface area contributed by atoms with Crippen LogP contribution in [0.1, 0.15) is 0 Å². The van der Waals surface area contributed by atoms with Gasteiger partial charge in [-0.1, -0.05) is 0 Å². The predicted octanol–water partition coefficient (Wildman–Crippen LogP) is 1.45. The van der Waals surface area contributed by atoms with Crippen LogP contribution in [0.15, 0.2) is 0 Å². The monoisotopic (exact) mass is 280 g/mol. The third kappa shape index (κ3) is 2.88. The summed E-state index contributed by atoms with van der Waals surface area (Å²) in [4.78, 5) is 0. The van der Waals surface area contributed by atoms with Gasteiger partial charge in [-0.25, -0.2) is 0 Å². The van der Waals surface area contributed by atoms with Crippen molar-refractivity contribution < 1.29 is 26.3 Å². The number of hydrogen-bond donors (Lipinski definition) is 0. The maximum atomic E-state index is 11.2. The van der Waals surface area contributed by atoms with Crippen LogP contribution in [0.25, 0.3) is 0 Å². The summed E-state index contributed by atoms with van der Waals surface area (Å²) in [6.45, 7) is 0. The molecule has 10 heavy (non-hydrogen) atoms. The van der Waals surface area contributed by atoms with Crippen LogP contribution in [0.3, 0.4) is 0 Å². The fraction of sp³-hybridized carbons (Fsp3) is 0.667. The summed E-state index contributed by atoms with van der Waals surface area (Å²) < 4.78 is 64.7. The van der Waals surface area contributed by atoms with Crippen molar-refractivity contribution in [3.05, 3.63) is 0 Å². The fourth-order valence-corrected chi connectivity index (χ4v) is 0.161. The second kappa shape index (κ2) is 2.70. The molecule has 0 aliphatic heterocycles. The molecule has 0 bridgehead atoms. The molecule has 0 aromatic heterocycles. The Morgan fingerprint density at radius 3 is 1.00 bits per heavy atom. The van der Waals surface area contributed by atoms with E-state index in [9.17, 15) is 26.3 Å². The molecule has 0 saturated heterocycles. The molecule has 0 aliphatic carbocycles. The first kappa shape index (κ1) is 10.2. The molecule has 0 radical (unpaired) electrons. The van der Waals surface area contributed by atoms with Crippen molar-refractivity contribution in [2.45, 2.75) is 12.4 Å². The van der Waals surface area contributed by atoms with Gasteiger partial charge in [0.05, 0.1) is 0 Å². The van der Waals surface area contributed by atoms with Crippen LogP contribution in [-0.4, -0.2) is 37.7 Å². The van der Waals surface area contributed by atoms with E-state index in [1.165, 1.54) is 0 Å². The molecule has 0 aromatic carbocycles. The summed E-state index contributed by atoms with van der Waals surface area (Å²) >= 11 is -0.0739. The van der Waals surface area contributed by atoms with Gasteiger partial charge in [-0.3, -0.25) is 0 Å². The summed E-state index contributed by atoms with van der Waals surface area (Å²) in [5.74, 6) is 0. The van der Waals surface area contributed by atoms with Gasteiger partial charge in [0.25, 0.3) is 0 Å². The molecule has 0 N–H and O–H groups in total. The van der Waals surface area contributed by atoms with Crippen molar-refractivity contribution in [1.29, 1.82) is 0 Å².